The number of rotatable bonds is 3. The molecule has 1 atom stereocenters. The molecule has 0 aliphatic carbocycles. The van der Waals surface area contributed by atoms with Crippen molar-refractivity contribution in [2.45, 2.75) is 45.7 Å². The quantitative estimate of drug-likeness (QED) is 0.718. The zero-order chi connectivity index (χ0) is 9.84. The Labute approximate surface area is 82.7 Å². The van der Waals surface area contributed by atoms with Gasteiger partial charge in [-0.1, -0.05) is 0 Å². The van der Waals surface area contributed by atoms with Crippen LogP contribution in [0.4, 0.5) is 0 Å². The highest BCUT2D eigenvalue weighted by Gasteiger charge is 2.23. The van der Waals surface area contributed by atoms with Crippen molar-refractivity contribution >= 4 is 0 Å². The number of nitrogens with one attached hydrogen (secondary N) is 1. The van der Waals surface area contributed by atoms with Gasteiger partial charge in [0.1, 0.15) is 0 Å². The highest BCUT2D eigenvalue weighted by atomic mass is 15.1. The molecule has 0 bridgehead atoms. The highest BCUT2D eigenvalue weighted by Crippen LogP contribution is 2.21. The van der Waals surface area contributed by atoms with E-state index in [4.69, 9.17) is 0 Å². The second-order valence-corrected chi connectivity index (χ2v) is 4.54. The van der Waals surface area contributed by atoms with Gasteiger partial charge in [-0.25, -0.2) is 0 Å². The van der Waals surface area contributed by atoms with Crippen LogP contribution >= 0.6 is 0 Å². The number of hydrogen-bond donors (Lipinski definition) is 1. The van der Waals surface area contributed by atoms with Gasteiger partial charge < -0.3 is 10.2 Å². The summed E-state index contributed by atoms with van der Waals surface area (Å²) in [7, 11) is 2.07. The summed E-state index contributed by atoms with van der Waals surface area (Å²) in [6.45, 7) is 9.46. The average Bonchev–Trinajstić information content (AvgIpc) is 2.17. The van der Waals surface area contributed by atoms with E-state index in [1.165, 1.54) is 25.9 Å². The third-order valence-corrected chi connectivity index (χ3v) is 3.47. The zero-order valence-electron chi connectivity index (χ0n) is 9.51. The molecule has 13 heavy (non-hydrogen) atoms. The number of piperidine rings is 1. The molecule has 0 saturated carbocycles. The molecule has 1 aliphatic rings. The van der Waals surface area contributed by atoms with Gasteiger partial charge in [0.05, 0.1) is 0 Å². The van der Waals surface area contributed by atoms with E-state index in [9.17, 15) is 0 Å². The van der Waals surface area contributed by atoms with Crippen LogP contribution in [0.2, 0.25) is 0 Å². The van der Waals surface area contributed by atoms with Gasteiger partial charge in [-0.3, -0.25) is 0 Å². The maximum atomic E-state index is 3.36. The second-order valence-electron chi connectivity index (χ2n) is 4.54. The van der Waals surface area contributed by atoms with E-state index in [-0.39, 0.29) is 0 Å². The molecule has 2 nitrogen and oxygen atoms in total. The SMILES string of the molecule is CNC(C)C1CCN(C(C)C)CC1. The molecule has 78 valence electrons. The van der Waals surface area contributed by atoms with E-state index >= 15 is 0 Å². The molecule has 1 N–H and O–H groups in total. The van der Waals surface area contributed by atoms with Crippen LogP contribution in [-0.4, -0.2) is 37.1 Å². The number of hydrogen-bond acceptors (Lipinski definition) is 2. The Bertz CT molecular complexity index is 137. The van der Waals surface area contributed by atoms with E-state index in [0.29, 0.717) is 6.04 Å². The molecule has 1 rings (SSSR count). The summed E-state index contributed by atoms with van der Waals surface area (Å²) in [6, 6.07) is 1.42. The van der Waals surface area contributed by atoms with E-state index < -0.39 is 0 Å². The fourth-order valence-corrected chi connectivity index (χ4v) is 2.17. The molecule has 1 heterocycles. The highest BCUT2D eigenvalue weighted by molar-refractivity contribution is 4.79. The van der Waals surface area contributed by atoms with Gasteiger partial charge >= 0.3 is 0 Å². The van der Waals surface area contributed by atoms with Crippen molar-refractivity contribution in [3.05, 3.63) is 0 Å². The molecule has 0 aromatic carbocycles. The Kier molecular flexibility index (Phi) is 4.20. The molecule has 1 saturated heterocycles. The van der Waals surface area contributed by atoms with Gasteiger partial charge in [0.15, 0.2) is 0 Å². The topological polar surface area (TPSA) is 15.3 Å². The minimum atomic E-state index is 0.689. The van der Waals surface area contributed by atoms with E-state index in [2.05, 4.69) is 38.0 Å². The molecule has 0 aromatic heterocycles. The van der Waals surface area contributed by atoms with Crippen LogP contribution < -0.4 is 5.32 Å². The molecule has 1 unspecified atom stereocenters. The molecular weight excluding hydrogens is 160 g/mol. The van der Waals surface area contributed by atoms with Crippen molar-refractivity contribution in [1.29, 1.82) is 0 Å². The largest absolute Gasteiger partial charge is 0.317 e. The molecule has 1 fully saturated rings. The fraction of sp³-hybridized carbons (Fsp3) is 1.00. The van der Waals surface area contributed by atoms with Gasteiger partial charge in [-0.15, -0.1) is 0 Å². The first-order chi connectivity index (χ1) is 6.15. The van der Waals surface area contributed by atoms with Crippen LogP contribution in [0.5, 0.6) is 0 Å². The first kappa shape index (κ1) is 11.0. The van der Waals surface area contributed by atoms with Gasteiger partial charge in [0.25, 0.3) is 0 Å². The minimum absolute atomic E-state index is 0.689. The van der Waals surface area contributed by atoms with Crippen LogP contribution in [0.3, 0.4) is 0 Å². The van der Waals surface area contributed by atoms with Gasteiger partial charge in [-0.05, 0) is 59.7 Å². The predicted octanol–water partition coefficient (Wildman–Crippen LogP) is 1.71. The Morgan fingerprint density at radius 3 is 2.08 bits per heavy atom. The van der Waals surface area contributed by atoms with Crippen LogP contribution in [-0.2, 0) is 0 Å². The first-order valence-electron chi connectivity index (χ1n) is 5.56. The third kappa shape index (κ3) is 2.96. The Balaban J connectivity index is 2.30. The van der Waals surface area contributed by atoms with Crippen molar-refractivity contribution in [2.24, 2.45) is 5.92 Å². The third-order valence-electron chi connectivity index (χ3n) is 3.47. The molecular formula is C11H24N2. The van der Waals surface area contributed by atoms with E-state index in [1.54, 1.807) is 0 Å². The second kappa shape index (κ2) is 4.97. The number of likely N-dealkylation sites (tertiary alicyclic amines) is 1. The van der Waals surface area contributed by atoms with Gasteiger partial charge in [-0.2, -0.15) is 0 Å². The zero-order valence-corrected chi connectivity index (χ0v) is 9.51. The molecule has 0 aromatic rings. The summed E-state index contributed by atoms with van der Waals surface area (Å²) in [6.07, 6.45) is 2.72. The number of nitrogens with zero attached hydrogens (tertiary/aromatic N) is 1. The summed E-state index contributed by atoms with van der Waals surface area (Å²) in [5.74, 6) is 0.889. The minimum Gasteiger partial charge on any atom is -0.317 e. The van der Waals surface area contributed by atoms with Gasteiger partial charge in [0.2, 0.25) is 0 Å². The Hall–Kier alpha value is -0.0800. The average molecular weight is 184 g/mol. The normalized spacial score (nSPS) is 23.8. The lowest BCUT2D eigenvalue weighted by molar-refractivity contribution is 0.135. The van der Waals surface area contributed by atoms with Crippen molar-refractivity contribution in [2.75, 3.05) is 20.1 Å². The first-order valence-corrected chi connectivity index (χ1v) is 5.56. The molecule has 0 amide bonds. The Morgan fingerprint density at radius 2 is 1.69 bits per heavy atom. The lowest BCUT2D eigenvalue weighted by Crippen LogP contribution is -2.43. The monoisotopic (exact) mass is 184 g/mol. The maximum absolute atomic E-state index is 3.36. The van der Waals surface area contributed by atoms with Crippen molar-refractivity contribution < 1.29 is 0 Å². The molecule has 1 aliphatic heterocycles. The smallest absolute Gasteiger partial charge is 0.00649 e. The predicted molar refractivity (Wildman–Crippen MR) is 58.0 cm³/mol. The lowest BCUT2D eigenvalue weighted by atomic mass is 9.90. The van der Waals surface area contributed by atoms with Crippen LogP contribution in [0, 0.1) is 5.92 Å². The fourth-order valence-electron chi connectivity index (χ4n) is 2.17. The lowest BCUT2D eigenvalue weighted by Gasteiger charge is -2.36. The van der Waals surface area contributed by atoms with Crippen molar-refractivity contribution in [3.63, 3.8) is 0 Å². The summed E-state index contributed by atoms with van der Waals surface area (Å²) in [5, 5.41) is 3.36. The van der Waals surface area contributed by atoms with Crippen molar-refractivity contribution in [3.8, 4) is 0 Å². The summed E-state index contributed by atoms with van der Waals surface area (Å²) >= 11 is 0. The maximum Gasteiger partial charge on any atom is 0.00649 e. The Morgan fingerprint density at radius 1 is 1.15 bits per heavy atom. The summed E-state index contributed by atoms with van der Waals surface area (Å²) < 4.78 is 0. The van der Waals surface area contributed by atoms with Crippen molar-refractivity contribution in [1.82, 2.24) is 10.2 Å². The van der Waals surface area contributed by atoms with Crippen LogP contribution in [0.1, 0.15) is 33.6 Å². The van der Waals surface area contributed by atoms with E-state index in [0.717, 1.165) is 12.0 Å². The van der Waals surface area contributed by atoms with E-state index in [1.807, 2.05) is 0 Å². The summed E-state index contributed by atoms with van der Waals surface area (Å²) in [5.41, 5.74) is 0. The molecule has 0 spiro atoms. The molecule has 2 heteroatoms. The van der Waals surface area contributed by atoms with Gasteiger partial charge in [0, 0.05) is 12.1 Å². The van der Waals surface area contributed by atoms with Crippen LogP contribution in [0.15, 0.2) is 0 Å². The van der Waals surface area contributed by atoms with Crippen LogP contribution in [0.25, 0.3) is 0 Å². The summed E-state index contributed by atoms with van der Waals surface area (Å²) in [4.78, 5) is 2.58. The standard InChI is InChI=1S/C11H24N2/c1-9(2)13-7-5-11(6-8-13)10(3)12-4/h9-12H,5-8H2,1-4H3. The molecule has 0 radical (unpaired) electrons.